The predicted molar refractivity (Wildman–Crippen MR) is 100 cm³/mol. The minimum atomic E-state index is -3.45. The number of aliphatic hydroxyl groups excluding tert-OH is 1. The molecule has 1 N–H and O–H groups in total. The molecular formula is C19H20N2O4S. The maximum atomic E-state index is 10.9. The molecule has 0 aliphatic rings. The summed E-state index contributed by atoms with van der Waals surface area (Å²) in [5.74, 6) is 0. The Morgan fingerprint density at radius 1 is 0.885 bits per heavy atom. The summed E-state index contributed by atoms with van der Waals surface area (Å²) in [4.78, 5) is 6.48. The van der Waals surface area contributed by atoms with Gasteiger partial charge in [0.1, 0.15) is 0 Å². The Morgan fingerprint density at radius 3 is 1.58 bits per heavy atom. The smallest absolute Gasteiger partial charge is 0.264 e. The van der Waals surface area contributed by atoms with Gasteiger partial charge in [-0.1, -0.05) is 48.5 Å². The van der Waals surface area contributed by atoms with Crippen molar-refractivity contribution in [1.29, 1.82) is 0 Å². The Balaban J connectivity index is 0.000000273. The molecule has 0 bridgehead atoms. The quantitative estimate of drug-likeness (QED) is 0.630. The van der Waals surface area contributed by atoms with Crippen LogP contribution in [0, 0.1) is 13.1 Å². The molecule has 0 aromatic heterocycles. The molecule has 2 aromatic carbocycles. The van der Waals surface area contributed by atoms with E-state index in [9.17, 15) is 8.42 Å². The Kier molecular flexibility index (Phi) is 7.95. The van der Waals surface area contributed by atoms with Crippen molar-refractivity contribution < 1.29 is 17.7 Å². The largest absolute Gasteiger partial charge is 0.389 e. The van der Waals surface area contributed by atoms with Gasteiger partial charge in [0.15, 0.2) is 11.4 Å². The van der Waals surface area contributed by atoms with Crippen LogP contribution in [0.2, 0.25) is 0 Å². The molecule has 0 radical (unpaired) electrons. The van der Waals surface area contributed by atoms with Crippen LogP contribution in [-0.2, 0) is 14.3 Å². The van der Waals surface area contributed by atoms with Gasteiger partial charge in [-0.15, -0.1) is 0 Å². The van der Waals surface area contributed by atoms with Crippen LogP contribution in [0.3, 0.4) is 0 Å². The number of aliphatic hydroxyl groups is 1. The minimum Gasteiger partial charge on any atom is -0.389 e. The van der Waals surface area contributed by atoms with Crippen molar-refractivity contribution in [2.45, 2.75) is 26.1 Å². The van der Waals surface area contributed by atoms with Crippen LogP contribution < -0.4 is 0 Å². The van der Waals surface area contributed by atoms with Gasteiger partial charge in [0.2, 0.25) is 0 Å². The fourth-order valence-electron chi connectivity index (χ4n) is 1.96. The maximum absolute atomic E-state index is 10.9. The van der Waals surface area contributed by atoms with Gasteiger partial charge >= 0.3 is 0 Å². The summed E-state index contributed by atoms with van der Waals surface area (Å²) >= 11 is 0. The van der Waals surface area contributed by atoms with Gasteiger partial charge in [0.05, 0.1) is 31.6 Å². The van der Waals surface area contributed by atoms with E-state index in [0.717, 1.165) is 17.4 Å². The predicted octanol–water partition coefficient (Wildman–Crippen LogP) is 4.57. The lowest BCUT2D eigenvalue weighted by Crippen LogP contribution is -2.07. The van der Waals surface area contributed by atoms with E-state index in [1.165, 1.54) is 0 Å². The van der Waals surface area contributed by atoms with E-state index in [4.69, 9.17) is 22.4 Å². The molecule has 0 heterocycles. The van der Waals surface area contributed by atoms with Gasteiger partial charge in [-0.2, -0.15) is 8.42 Å². The molecule has 136 valence electrons. The first kappa shape index (κ1) is 21.3. The fraction of sp³-hybridized carbons (Fsp3) is 0.263. The summed E-state index contributed by atoms with van der Waals surface area (Å²) < 4.78 is 26.5. The molecule has 2 rings (SSSR count). The van der Waals surface area contributed by atoms with Crippen LogP contribution >= 0.6 is 0 Å². The van der Waals surface area contributed by atoms with Gasteiger partial charge in [-0.05, 0) is 25.0 Å². The summed E-state index contributed by atoms with van der Waals surface area (Å²) in [5, 5.41) is 9.11. The minimum absolute atomic E-state index is 0.449. The Hall–Kier alpha value is -2.71. The third-order valence-corrected chi connectivity index (χ3v) is 3.95. The summed E-state index contributed by atoms with van der Waals surface area (Å²) in [6.45, 7) is 16.8. The lowest BCUT2D eigenvalue weighted by molar-refractivity contribution is 0.199. The topological polar surface area (TPSA) is 72.3 Å². The normalized spacial score (nSPS) is 12.7. The molecule has 0 aliphatic heterocycles. The fourth-order valence-corrected chi connectivity index (χ4v) is 2.60. The second-order valence-electron chi connectivity index (χ2n) is 5.53. The standard InChI is InChI=1S/C10H11NO3S.C9H9NO/c1-8(14-15(3,12)13)9-4-6-10(11-2)7-5-9;1-7(11)8-3-5-9(10-2)6-4-8/h4-8H,1,3H3;3-7,11H,1H3/t8-;7-/m00/s1. The van der Waals surface area contributed by atoms with Crippen LogP contribution in [0.25, 0.3) is 9.69 Å². The van der Waals surface area contributed by atoms with Crippen LogP contribution in [0.5, 0.6) is 0 Å². The van der Waals surface area contributed by atoms with E-state index in [1.807, 2.05) is 0 Å². The number of benzene rings is 2. The molecule has 0 spiro atoms. The van der Waals surface area contributed by atoms with Crippen LogP contribution in [0.1, 0.15) is 37.2 Å². The maximum Gasteiger partial charge on any atom is 0.264 e. The zero-order valence-electron chi connectivity index (χ0n) is 14.7. The number of hydrogen-bond donors (Lipinski definition) is 1. The first-order chi connectivity index (χ1) is 12.2. The van der Waals surface area contributed by atoms with E-state index < -0.39 is 22.3 Å². The van der Waals surface area contributed by atoms with Gasteiger partial charge in [-0.25, -0.2) is 9.69 Å². The molecule has 0 amide bonds. The van der Waals surface area contributed by atoms with E-state index >= 15 is 0 Å². The molecule has 2 atom stereocenters. The van der Waals surface area contributed by atoms with E-state index in [-0.39, 0.29) is 0 Å². The van der Waals surface area contributed by atoms with Crippen molar-refractivity contribution in [2.24, 2.45) is 0 Å². The zero-order valence-corrected chi connectivity index (χ0v) is 15.6. The summed E-state index contributed by atoms with van der Waals surface area (Å²) in [6.07, 6.45) is 0.0337. The number of nitrogens with zero attached hydrogens (tertiary/aromatic N) is 2. The Bertz CT molecular complexity index is 891. The summed E-state index contributed by atoms with van der Waals surface area (Å²) in [6, 6.07) is 13.6. The SMILES string of the molecule is [C-]#[N+]c1ccc([C@H](C)O)cc1.[C-]#[N+]c1ccc([C@H](C)OS(C)(=O)=O)cc1. The first-order valence-electron chi connectivity index (χ1n) is 7.67. The number of hydrogen-bond acceptors (Lipinski definition) is 4. The number of rotatable bonds is 4. The lowest BCUT2D eigenvalue weighted by atomic mass is 10.1. The van der Waals surface area contributed by atoms with Gasteiger partial charge in [0.25, 0.3) is 10.1 Å². The van der Waals surface area contributed by atoms with E-state index in [0.29, 0.717) is 11.4 Å². The molecule has 0 aliphatic carbocycles. The van der Waals surface area contributed by atoms with E-state index in [1.54, 1.807) is 62.4 Å². The van der Waals surface area contributed by atoms with Gasteiger partial charge in [-0.3, -0.25) is 4.18 Å². The molecule has 0 saturated heterocycles. The van der Waals surface area contributed by atoms with Crippen molar-refractivity contribution >= 4 is 21.5 Å². The van der Waals surface area contributed by atoms with Crippen molar-refractivity contribution in [1.82, 2.24) is 0 Å². The van der Waals surface area contributed by atoms with Crippen LogP contribution in [0.4, 0.5) is 11.4 Å². The second kappa shape index (κ2) is 9.69. The Morgan fingerprint density at radius 2 is 1.27 bits per heavy atom. The molecule has 6 nitrogen and oxygen atoms in total. The first-order valence-corrected chi connectivity index (χ1v) is 9.49. The molecule has 26 heavy (non-hydrogen) atoms. The third kappa shape index (κ3) is 7.45. The third-order valence-electron chi connectivity index (χ3n) is 3.32. The van der Waals surface area contributed by atoms with Crippen molar-refractivity contribution in [2.75, 3.05) is 6.26 Å². The van der Waals surface area contributed by atoms with Crippen molar-refractivity contribution in [3.05, 3.63) is 82.5 Å². The van der Waals surface area contributed by atoms with Crippen molar-refractivity contribution in [3.8, 4) is 0 Å². The zero-order chi connectivity index (χ0) is 19.7. The molecule has 0 saturated carbocycles. The lowest BCUT2D eigenvalue weighted by Gasteiger charge is -2.10. The molecule has 2 aromatic rings. The molecule has 0 unspecified atom stereocenters. The molecule has 0 fully saturated rings. The average Bonchev–Trinajstić information content (AvgIpc) is 2.61. The highest BCUT2D eigenvalue weighted by Crippen LogP contribution is 2.21. The van der Waals surface area contributed by atoms with Gasteiger partial charge < -0.3 is 5.11 Å². The average molecular weight is 372 g/mol. The Labute approximate surface area is 154 Å². The van der Waals surface area contributed by atoms with Gasteiger partial charge in [0, 0.05) is 0 Å². The van der Waals surface area contributed by atoms with Crippen LogP contribution in [-0.4, -0.2) is 19.8 Å². The summed E-state index contributed by atoms with van der Waals surface area (Å²) in [7, 11) is -3.45. The monoisotopic (exact) mass is 372 g/mol. The molecule has 7 heteroatoms. The highest BCUT2D eigenvalue weighted by atomic mass is 32.2. The van der Waals surface area contributed by atoms with Crippen LogP contribution in [0.15, 0.2) is 48.5 Å². The highest BCUT2D eigenvalue weighted by molar-refractivity contribution is 7.86. The second-order valence-corrected chi connectivity index (χ2v) is 7.13. The van der Waals surface area contributed by atoms with E-state index in [2.05, 4.69) is 9.69 Å². The van der Waals surface area contributed by atoms with Crippen molar-refractivity contribution in [3.63, 3.8) is 0 Å². The highest BCUT2D eigenvalue weighted by Gasteiger charge is 2.12. The molecular weight excluding hydrogens is 352 g/mol. The summed E-state index contributed by atoms with van der Waals surface area (Å²) in [5.41, 5.74) is 2.70.